The Balaban J connectivity index is 1.06. The minimum atomic E-state index is -2.01. The molecule has 3 aliphatic heterocycles. The molecule has 268 valence electrons. The Bertz CT molecular complexity index is 2920. The first kappa shape index (κ1) is 31.8. The summed E-state index contributed by atoms with van der Waals surface area (Å²) >= 11 is 0. The van der Waals surface area contributed by atoms with E-state index in [1.807, 2.05) is 0 Å². The highest BCUT2D eigenvalue weighted by Crippen LogP contribution is 2.52. The van der Waals surface area contributed by atoms with Gasteiger partial charge >= 0.3 is 0 Å². The molecule has 6 aromatic carbocycles. The maximum atomic E-state index is 5.08. The average molecular weight is 746 g/mol. The second-order valence-electron chi connectivity index (χ2n) is 17.4. The molecule has 12 rings (SSSR count). The van der Waals surface area contributed by atoms with Gasteiger partial charge in [0, 0.05) is 56.6 Å². The van der Waals surface area contributed by atoms with E-state index in [0.717, 1.165) is 28.5 Å². The van der Waals surface area contributed by atoms with Crippen LogP contribution in [0.2, 0.25) is 26.2 Å². The molecule has 1 saturated carbocycles. The smallest absolute Gasteiger partial charge is 0.168 e. The van der Waals surface area contributed by atoms with E-state index in [0.29, 0.717) is 12.0 Å². The van der Waals surface area contributed by atoms with Crippen LogP contribution in [0.3, 0.4) is 0 Å². The molecule has 8 aromatic rings. The molecule has 2 atom stereocenters. The van der Waals surface area contributed by atoms with Crippen LogP contribution in [0, 0.1) is 0 Å². The molecule has 0 N–H and O–H groups in total. The molecule has 0 saturated heterocycles. The van der Waals surface area contributed by atoms with E-state index in [-0.39, 0.29) is 0 Å². The Morgan fingerprint density at radius 3 is 1.98 bits per heavy atom. The summed E-state index contributed by atoms with van der Waals surface area (Å²) in [6.07, 6.45) is 5.17. The van der Waals surface area contributed by atoms with Crippen molar-refractivity contribution in [3.05, 3.63) is 133 Å². The van der Waals surface area contributed by atoms with Crippen LogP contribution < -0.4 is 25.6 Å². The van der Waals surface area contributed by atoms with Crippen molar-refractivity contribution in [1.29, 1.82) is 0 Å². The molecule has 2 aromatic heterocycles. The van der Waals surface area contributed by atoms with Crippen molar-refractivity contribution in [1.82, 2.24) is 19.3 Å². The van der Waals surface area contributed by atoms with Crippen LogP contribution in [0.4, 0.5) is 11.4 Å². The van der Waals surface area contributed by atoms with E-state index in [9.17, 15) is 0 Å². The summed E-state index contributed by atoms with van der Waals surface area (Å²) in [5.41, 5.74) is 11.7. The monoisotopic (exact) mass is 745 g/mol. The number of rotatable bonds is 3. The number of hydrogen-bond donors (Lipinski definition) is 0. The lowest BCUT2D eigenvalue weighted by Crippen LogP contribution is -2.59. The van der Waals surface area contributed by atoms with E-state index in [1.54, 1.807) is 10.8 Å². The van der Waals surface area contributed by atoms with Gasteiger partial charge in [0.15, 0.2) is 11.6 Å². The van der Waals surface area contributed by atoms with Crippen LogP contribution in [0.5, 0.6) is 0 Å². The molecule has 0 spiro atoms. The zero-order chi connectivity index (χ0) is 36.8. The predicted octanol–water partition coefficient (Wildman–Crippen LogP) is 9.15. The molecule has 7 heteroatoms. The van der Waals surface area contributed by atoms with Crippen molar-refractivity contribution >= 4 is 70.1 Å². The van der Waals surface area contributed by atoms with Crippen molar-refractivity contribution in [2.24, 2.45) is 0 Å². The van der Waals surface area contributed by atoms with E-state index >= 15 is 0 Å². The highest BCUT2D eigenvalue weighted by Gasteiger charge is 2.49. The van der Waals surface area contributed by atoms with Crippen molar-refractivity contribution < 1.29 is 0 Å². The second-order valence-corrected chi connectivity index (χ2v) is 26.0. The first-order chi connectivity index (χ1) is 26.8. The van der Waals surface area contributed by atoms with Crippen molar-refractivity contribution in [3.63, 3.8) is 0 Å². The van der Waals surface area contributed by atoms with Gasteiger partial charge in [-0.25, -0.2) is 0 Å². The Hall–Kier alpha value is -5.51. The lowest BCUT2D eigenvalue weighted by Gasteiger charge is -2.42. The van der Waals surface area contributed by atoms with Crippen LogP contribution in [0.15, 0.2) is 127 Å². The van der Waals surface area contributed by atoms with Crippen molar-refractivity contribution in [2.75, 3.05) is 4.90 Å². The van der Waals surface area contributed by atoms with E-state index in [4.69, 9.17) is 10.2 Å². The number of anilines is 2. The summed E-state index contributed by atoms with van der Waals surface area (Å²) in [5.74, 6) is 2.36. The molecule has 0 bridgehead atoms. The van der Waals surface area contributed by atoms with Gasteiger partial charge in [0.1, 0.15) is 16.1 Å². The SMILES string of the molecule is C[Si]1(C)c2ccc(-c3nnc(-c4ccc5c(c4)-n4c6ccccc6c6cccc(c64)[Si]5(C)C)n3-c3ccccc3)cc2N2c3c(cccc31)C1CCCCC12. The lowest BCUT2D eigenvalue weighted by atomic mass is 9.82. The highest BCUT2D eigenvalue weighted by atomic mass is 28.3. The topological polar surface area (TPSA) is 38.9 Å². The fourth-order valence-electron chi connectivity index (χ4n) is 11.2. The van der Waals surface area contributed by atoms with E-state index < -0.39 is 16.1 Å². The Morgan fingerprint density at radius 1 is 0.545 bits per heavy atom. The maximum Gasteiger partial charge on any atom is 0.168 e. The minimum Gasteiger partial charge on any atom is -0.338 e. The molecule has 1 aliphatic carbocycles. The summed E-state index contributed by atoms with van der Waals surface area (Å²) in [7, 11) is -3.96. The number of nitrogens with zero attached hydrogens (tertiary/aromatic N) is 5. The molecule has 0 amide bonds. The minimum absolute atomic E-state index is 0.524. The summed E-state index contributed by atoms with van der Waals surface area (Å²) in [6.45, 7) is 10.1. The Labute approximate surface area is 323 Å². The summed E-state index contributed by atoms with van der Waals surface area (Å²) in [5, 5.41) is 18.9. The first-order valence-electron chi connectivity index (χ1n) is 20.1. The van der Waals surface area contributed by atoms with Crippen LogP contribution in [-0.2, 0) is 0 Å². The standard InChI is InChI=1S/C48H43N5Si2/c1-54(2)41-26-24-30(28-39(41)52-37-20-10-8-16-33(37)35-18-12-22-43(54)45(35)52)47-49-50-48(51(47)32-14-6-5-7-15-32)31-25-27-42-40(29-31)53-38-21-11-9-17-34(38)36-19-13-23-44(46(36)53)55(42,3)4/h5-8,10,12-16,18-20,22-29,34,38H,9,11,17,21H2,1-4H3. The van der Waals surface area contributed by atoms with Gasteiger partial charge in [0.05, 0.1) is 11.0 Å². The van der Waals surface area contributed by atoms with Gasteiger partial charge in [-0.15, -0.1) is 10.2 Å². The van der Waals surface area contributed by atoms with Crippen LogP contribution in [0.25, 0.3) is 56.0 Å². The number of aromatic nitrogens is 4. The third-order valence-electron chi connectivity index (χ3n) is 13.8. The van der Waals surface area contributed by atoms with Gasteiger partial charge in [-0.2, -0.15) is 0 Å². The fourth-order valence-corrected chi connectivity index (χ4v) is 17.2. The van der Waals surface area contributed by atoms with E-state index in [1.165, 1.54) is 80.1 Å². The Morgan fingerprint density at radius 2 is 1.18 bits per heavy atom. The van der Waals surface area contributed by atoms with Gasteiger partial charge < -0.3 is 9.47 Å². The van der Waals surface area contributed by atoms with Crippen LogP contribution >= 0.6 is 0 Å². The van der Waals surface area contributed by atoms with Gasteiger partial charge in [-0.3, -0.25) is 4.57 Å². The number of fused-ring (bicyclic) bond motifs is 10. The van der Waals surface area contributed by atoms with Crippen molar-refractivity contribution in [2.45, 2.75) is 63.8 Å². The zero-order valence-electron chi connectivity index (χ0n) is 31.8. The van der Waals surface area contributed by atoms with Crippen molar-refractivity contribution in [3.8, 4) is 34.2 Å². The molecular formula is C48H43N5Si2. The third kappa shape index (κ3) is 4.12. The molecule has 1 fully saturated rings. The molecule has 5 nitrogen and oxygen atoms in total. The largest absolute Gasteiger partial charge is 0.338 e. The summed E-state index contributed by atoms with van der Waals surface area (Å²) in [4.78, 5) is 2.77. The Kier molecular flexibility index (Phi) is 6.39. The highest BCUT2D eigenvalue weighted by molar-refractivity contribution is 7.03. The summed E-state index contributed by atoms with van der Waals surface area (Å²) in [6, 6.07) is 48.6. The number of hydrogen-bond acceptors (Lipinski definition) is 3. The van der Waals surface area contributed by atoms with Gasteiger partial charge in [0.25, 0.3) is 0 Å². The van der Waals surface area contributed by atoms with Crippen LogP contribution in [0.1, 0.15) is 37.2 Å². The fraction of sp³-hybridized carbons (Fsp3) is 0.208. The molecule has 2 unspecified atom stereocenters. The number of para-hydroxylation sites is 4. The van der Waals surface area contributed by atoms with Gasteiger partial charge in [-0.1, -0.05) is 136 Å². The maximum absolute atomic E-state index is 5.08. The average Bonchev–Trinajstić information content (AvgIpc) is 3.91. The first-order valence-corrected chi connectivity index (χ1v) is 26.1. The predicted molar refractivity (Wildman–Crippen MR) is 234 cm³/mol. The lowest BCUT2D eigenvalue weighted by molar-refractivity contribution is 0.402. The van der Waals surface area contributed by atoms with E-state index in [2.05, 4.69) is 168 Å². The third-order valence-corrected chi connectivity index (χ3v) is 20.9. The molecule has 0 radical (unpaired) electrons. The quantitative estimate of drug-likeness (QED) is 0.170. The molecule has 55 heavy (non-hydrogen) atoms. The molecule has 4 aliphatic rings. The van der Waals surface area contributed by atoms with Gasteiger partial charge in [0.2, 0.25) is 0 Å². The molecule has 5 heterocycles. The van der Waals surface area contributed by atoms with Gasteiger partial charge in [-0.05, 0) is 69.5 Å². The zero-order valence-corrected chi connectivity index (χ0v) is 33.8. The molecular weight excluding hydrogens is 703 g/mol. The van der Waals surface area contributed by atoms with Crippen LogP contribution in [-0.4, -0.2) is 41.5 Å². The number of benzene rings is 6. The summed E-state index contributed by atoms with van der Waals surface area (Å²) < 4.78 is 4.82. The normalized spacial score (nSPS) is 19.6. The second kappa shape index (κ2) is 11.1.